The van der Waals surface area contributed by atoms with E-state index in [0.717, 1.165) is 6.20 Å². The first-order valence-corrected chi connectivity index (χ1v) is 4.37. The number of ether oxygens (including phenoxy) is 1. The van der Waals surface area contributed by atoms with E-state index >= 15 is 0 Å². The molecule has 0 spiro atoms. The molecule has 16 heavy (non-hydrogen) atoms. The van der Waals surface area contributed by atoms with E-state index in [4.69, 9.17) is 22.7 Å². The number of alkyl halides is 3. The molecule has 88 valence electrons. The zero-order valence-corrected chi connectivity index (χ0v) is 8.56. The van der Waals surface area contributed by atoms with E-state index in [1.807, 2.05) is 0 Å². The number of pyridine rings is 1. The summed E-state index contributed by atoms with van der Waals surface area (Å²) in [6.45, 7) is -1.50. The number of aromatic nitrogens is 1. The van der Waals surface area contributed by atoms with Gasteiger partial charge in [-0.05, 0) is 6.07 Å². The Hall–Kier alpha value is -1.50. The Balaban J connectivity index is 2.91. The van der Waals surface area contributed by atoms with E-state index in [2.05, 4.69) is 9.72 Å². The summed E-state index contributed by atoms with van der Waals surface area (Å²) in [4.78, 5) is 3.53. The van der Waals surface area contributed by atoms with Crippen molar-refractivity contribution >= 4 is 17.4 Å². The van der Waals surface area contributed by atoms with Crippen molar-refractivity contribution in [2.45, 2.75) is 6.18 Å². The SMILES string of the molecule is N=C(N)c1cc(Cl)cnc1OCC(F)(F)F. The molecule has 0 radical (unpaired) electrons. The average molecular weight is 254 g/mol. The molecule has 0 bridgehead atoms. The minimum Gasteiger partial charge on any atom is -0.467 e. The molecule has 3 N–H and O–H groups in total. The molecular formula is C8H7ClF3N3O. The van der Waals surface area contributed by atoms with Crippen molar-refractivity contribution in [2.75, 3.05) is 6.61 Å². The highest BCUT2D eigenvalue weighted by atomic mass is 35.5. The lowest BCUT2D eigenvalue weighted by atomic mass is 10.2. The second-order valence-electron chi connectivity index (χ2n) is 2.82. The Labute approximate surface area is 93.7 Å². The number of nitrogens with zero attached hydrogens (tertiary/aromatic N) is 1. The smallest absolute Gasteiger partial charge is 0.422 e. The molecule has 1 heterocycles. The number of nitrogens with two attached hydrogens (primary N) is 1. The summed E-state index contributed by atoms with van der Waals surface area (Å²) in [5.41, 5.74) is 5.07. The van der Waals surface area contributed by atoms with Gasteiger partial charge in [0.15, 0.2) is 6.61 Å². The predicted molar refractivity (Wildman–Crippen MR) is 51.8 cm³/mol. The molecule has 0 aliphatic heterocycles. The number of nitrogen functional groups attached to an aromatic ring is 1. The lowest BCUT2D eigenvalue weighted by molar-refractivity contribution is -0.154. The normalized spacial score (nSPS) is 11.2. The van der Waals surface area contributed by atoms with E-state index in [1.54, 1.807) is 0 Å². The van der Waals surface area contributed by atoms with Gasteiger partial charge < -0.3 is 10.5 Å². The predicted octanol–water partition coefficient (Wildman–Crippen LogP) is 1.96. The molecule has 1 rings (SSSR count). The summed E-state index contributed by atoms with van der Waals surface area (Å²) in [6, 6.07) is 1.21. The summed E-state index contributed by atoms with van der Waals surface area (Å²) in [5, 5.41) is 7.28. The summed E-state index contributed by atoms with van der Waals surface area (Å²) >= 11 is 5.56. The van der Waals surface area contributed by atoms with Gasteiger partial charge in [0.05, 0.1) is 10.6 Å². The summed E-state index contributed by atoms with van der Waals surface area (Å²) in [7, 11) is 0. The second kappa shape index (κ2) is 4.56. The molecular weight excluding hydrogens is 247 g/mol. The van der Waals surface area contributed by atoms with Gasteiger partial charge in [-0.1, -0.05) is 11.6 Å². The van der Waals surface area contributed by atoms with Crippen LogP contribution in [0.5, 0.6) is 5.88 Å². The van der Waals surface area contributed by atoms with Gasteiger partial charge in [0, 0.05) is 6.20 Å². The highest BCUT2D eigenvalue weighted by Crippen LogP contribution is 2.22. The number of halogens is 4. The minimum absolute atomic E-state index is 0.0725. The maximum absolute atomic E-state index is 11.9. The molecule has 0 aromatic carbocycles. The van der Waals surface area contributed by atoms with Crippen molar-refractivity contribution in [3.63, 3.8) is 0 Å². The summed E-state index contributed by atoms with van der Waals surface area (Å²) in [5.74, 6) is -0.832. The molecule has 0 fully saturated rings. The summed E-state index contributed by atoms with van der Waals surface area (Å²) < 4.78 is 40.1. The third-order valence-corrected chi connectivity index (χ3v) is 1.69. The molecule has 0 saturated carbocycles. The first kappa shape index (κ1) is 12.6. The molecule has 0 aliphatic rings. The van der Waals surface area contributed by atoms with Crippen molar-refractivity contribution in [3.05, 3.63) is 22.8 Å². The van der Waals surface area contributed by atoms with Crippen LogP contribution < -0.4 is 10.5 Å². The van der Waals surface area contributed by atoms with E-state index in [-0.39, 0.29) is 16.5 Å². The van der Waals surface area contributed by atoms with Crippen LogP contribution in [0.15, 0.2) is 12.3 Å². The third kappa shape index (κ3) is 3.58. The van der Waals surface area contributed by atoms with Crippen LogP contribution in [0, 0.1) is 5.41 Å². The van der Waals surface area contributed by atoms with E-state index in [9.17, 15) is 13.2 Å². The molecule has 1 aromatic heterocycles. The van der Waals surface area contributed by atoms with Crippen LogP contribution >= 0.6 is 11.6 Å². The number of nitrogens with one attached hydrogen (secondary N) is 1. The fourth-order valence-electron chi connectivity index (χ4n) is 0.885. The van der Waals surface area contributed by atoms with Crippen molar-refractivity contribution in [3.8, 4) is 5.88 Å². The average Bonchev–Trinajstić information content (AvgIpc) is 2.14. The maximum Gasteiger partial charge on any atom is 0.422 e. The summed E-state index contributed by atoms with van der Waals surface area (Å²) in [6.07, 6.45) is -3.37. The lowest BCUT2D eigenvalue weighted by Gasteiger charge is -2.11. The first-order chi connectivity index (χ1) is 7.29. The Morgan fingerprint density at radius 3 is 2.69 bits per heavy atom. The highest BCUT2D eigenvalue weighted by Gasteiger charge is 2.29. The molecule has 1 aromatic rings. The molecule has 0 atom stereocenters. The standard InChI is InChI=1S/C8H7ClF3N3O/c9-4-1-5(6(13)14)7(15-2-4)16-3-8(10,11)12/h1-2H,3H2,(H3,13,14). The zero-order valence-electron chi connectivity index (χ0n) is 7.81. The fraction of sp³-hybridized carbons (Fsp3) is 0.250. The van der Waals surface area contributed by atoms with Gasteiger partial charge in [-0.15, -0.1) is 0 Å². The van der Waals surface area contributed by atoms with Crippen LogP contribution in [0.3, 0.4) is 0 Å². The van der Waals surface area contributed by atoms with Gasteiger partial charge in [-0.25, -0.2) is 4.98 Å². The maximum atomic E-state index is 11.9. The number of hydrogen-bond donors (Lipinski definition) is 2. The molecule has 0 aliphatic carbocycles. The zero-order chi connectivity index (χ0) is 12.3. The molecule has 8 heteroatoms. The molecule has 0 amide bonds. The third-order valence-electron chi connectivity index (χ3n) is 1.48. The Kier molecular flexibility index (Phi) is 3.58. The van der Waals surface area contributed by atoms with Crippen molar-refractivity contribution in [2.24, 2.45) is 5.73 Å². The van der Waals surface area contributed by atoms with Crippen molar-refractivity contribution < 1.29 is 17.9 Å². The van der Waals surface area contributed by atoms with Crippen LogP contribution in [0.1, 0.15) is 5.56 Å². The second-order valence-corrected chi connectivity index (χ2v) is 3.26. The van der Waals surface area contributed by atoms with Crippen LogP contribution in [-0.2, 0) is 0 Å². The van der Waals surface area contributed by atoms with Gasteiger partial charge in [-0.2, -0.15) is 13.2 Å². The lowest BCUT2D eigenvalue weighted by Crippen LogP contribution is -2.22. The minimum atomic E-state index is -4.48. The van der Waals surface area contributed by atoms with Gasteiger partial charge in [-0.3, -0.25) is 5.41 Å². The topological polar surface area (TPSA) is 72.0 Å². The Bertz CT molecular complexity index is 408. The van der Waals surface area contributed by atoms with E-state index in [1.165, 1.54) is 6.07 Å². The van der Waals surface area contributed by atoms with Gasteiger partial charge in [0.2, 0.25) is 5.88 Å². The van der Waals surface area contributed by atoms with Crippen LogP contribution in [0.4, 0.5) is 13.2 Å². The van der Waals surface area contributed by atoms with Crippen LogP contribution in [-0.4, -0.2) is 23.6 Å². The van der Waals surface area contributed by atoms with E-state index in [0.29, 0.717) is 0 Å². The number of rotatable bonds is 3. The van der Waals surface area contributed by atoms with Gasteiger partial charge in [0.25, 0.3) is 0 Å². The van der Waals surface area contributed by atoms with Gasteiger partial charge >= 0.3 is 6.18 Å². The van der Waals surface area contributed by atoms with Crippen molar-refractivity contribution in [1.82, 2.24) is 4.98 Å². The van der Waals surface area contributed by atoms with E-state index < -0.39 is 18.6 Å². The van der Waals surface area contributed by atoms with Gasteiger partial charge in [0.1, 0.15) is 5.84 Å². The first-order valence-electron chi connectivity index (χ1n) is 3.99. The molecule has 0 unspecified atom stereocenters. The van der Waals surface area contributed by atoms with Crippen LogP contribution in [0.2, 0.25) is 5.02 Å². The number of hydrogen-bond acceptors (Lipinski definition) is 3. The molecule has 4 nitrogen and oxygen atoms in total. The fourth-order valence-corrected chi connectivity index (χ4v) is 1.04. The Morgan fingerprint density at radius 1 is 1.56 bits per heavy atom. The highest BCUT2D eigenvalue weighted by molar-refractivity contribution is 6.30. The van der Waals surface area contributed by atoms with Crippen molar-refractivity contribution in [1.29, 1.82) is 5.41 Å². The number of amidine groups is 1. The monoisotopic (exact) mass is 253 g/mol. The van der Waals surface area contributed by atoms with Crippen LogP contribution in [0.25, 0.3) is 0 Å². The molecule has 0 saturated heterocycles. The largest absolute Gasteiger partial charge is 0.467 e. The quantitative estimate of drug-likeness (QED) is 0.639. The Morgan fingerprint density at radius 2 is 2.19 bits per heavy atom.